The first-order valence-corrected chi connectivity index (χ1v) is 16.8. The zero-order valence-corrected chi connectivity index (χ0v) is 27.9. The molecule has 48 heavy (non-hydrogen) atoms. The van der Waals surface area contributed by atoms with Crippen LogP contribution in [0.3, 0.4) is 0 Å². The van der Waals surface area contributed by atoms with Gasteiger partial charge in [0.05, 0.1) is 25.8 Å². The van der Waals surface area contributed by atoms with Crippen molar-refractivity contribution in [3.8, 4) is 11.5 Å². The first kappa shape index (κ1) is 35.0. The third kappa shape index (κ3) is 7.84. The minimum Gasteiger partial charge on any atom is -0.497 e. The van der Waals surface area contributed by atoms with Crippen molar-refractivity contribution in [1.82, 2.24) is 9.29 Å². The summed E-state index contributed by atoms with van der Waals surface area (Å²) < 4.78 is 95.2. The molecule has 8 nitrogen and oxygen atoms in total. The number of pyridine rings is 1. The predicted octanol–water partition coefficient (Wildman–Crippen LogP) is 7.00. The molecule has 1 aromatic heterocycles. The van der Waals surface area contributed by atoms with Gasteiger partial charge in [-0.2, -0.15) is 17.5 Å². The monoisotopic (exact) mass is 686 g/mol. The van der Waals surface area contributed by atoms with E-state index in [9.17, 15) is 21.6 Å². The van der Waals surface area contributed by atoms with E-state index in [0.717, 1.165) is 18.3 Å². The van der Waals surface area contributed by atoms with Crippen molar-refractivity contribution in [2.75, 3.05) is 43.7 Å². The second-order valence-electron chi connectivity index (χ2n) is 11.9. The van der Waals surface area contributed by atoms with Crippen LogP contribution in [0.2, 0.25) is 0 Å². The molecule has 0 aliphatic carbocycles. The van der Waals surface area contributed by atoms with Crippen molar-refractivity contribution in [3.63, 3.8) is 0 Å². The van der Waals surface area contributed by atoms with Crippen molar-refractivity contribution < 1.29 is 35.5 Å². The number of methoxy groups -OCH3 is 2. The van der Waals surface area contributed by atoms with E-state index in [4.69, 9.17) is 9.47 Å². The lowest BCUT2D eigenvalue weighted by atomic mass is 9.99. The standard InChI is InChI=1S/C35H38F4N4O4S/c1-24(2)32-23-41(17-18-43(32)34-16-9-27(20-40-34)35(37,38)39)28-10-15-31(36)33(19-28)48(44,45)42(21-25-5-11-29(46-3)12-6-25)22-26-7-13-30(47-4)14-8-26/h5-16,19-20,24,32H,17-18,21-23H2,1-4H3/t32-/m0/s1. The van der Waals surface area contributed by atoms with Gasteiger partial charge in [-0.05, 0) is 71.6 Å². The van der Waals surface area contributed by atoms with Gasteiger partial charge in [0.1, 0.15) is 28.0 Å². The maximum absolute atomic E-state index is 15.5. The van der Waals surface area contributed by atoms with E-state index in [1.165, 1.54) is 16.4 Å². The molecule has 0 bridgehead atoms. The van der Waals surface area contributed by atoms with E-state index in [1.54, 1.807) is 68.8 Å². The lowest BCUT2D eigenvalue weighted by Crippen LogP contribution is -2.56. The van der Waals surface area contributed by atoms with E-state index in [0.29, 0.717) is 53.8 Å². The molecule has 1 aliphatic heterocycles. The fraction of sp³-hybridized carbons (Fsp3) is 0.343. The predicted molar refractivity (Wildman–Crippen MR) is 176 cm³/mol. The number of piperazine rings is 1. The summed E-state index contributed by atoms with van der Waals surface area (Å²) >= 11 is 0. The van der Waals surface area contributed by atoms with Gasteiger partial charge < -0.3 is 19.3 Å². The Hall–Kier alpha value is -4.36. The fourth-order valence-electron chi connectivity index (χ4n) is 5.74. The highest BCUT2D eigenvalue weighted by atomic mass is 32.2. The van der Waals surface area contributed by atoms with Crippen LogP contribution in [0, 0.1) is 11.7 Å². The van der Waals surface area contributed by atoms with Crippen LogP contribution in [0.1, 0.15) is 30.5 Å². The zero-order valence-electron chi connectivity index (χ0n) is 27.1. The Balaban J connectivity index is 1.43. The van der Waals surface area contributed by atoms with E-state index in [-0.39, 0.29) is 25.0 Å². The smallest absolute Gasteiger partial charge is 0.417 e. The summed E-state index contributed by atoms with van der Waals surface area (Å²) in [6.45, 7) is 5.23. The van der Waals surface area contributed by atoms with Gasteiger partial charge in [-0.25, -0.2) is 17.8 Å². The third-order valence-corrected chi connectivity index (χ3v) is 10.3. The van der Waals surface area contributed by atoms with Crippen LogP contribution in [-0.4, -0.2) is 57.6 Å². The lowest BCUT2D eigenvalue weighted by molar-refractivity contribution is -0.137. The van der Waals surface area contributed by atoms with Gasteiger partial charge in [0.2, 0.25) is 10.0 Å². The molecule has 256 valence electrons. The molecule has 1 saturated heterocycles. The molecular weight excluding hydrogens is 648 g/mol. The molecule has 1 atom stereocenters. The Kier molecular flexibility index (Phi) is 10.5. The van der Waals surface area contributed by atoms with E-state index in [2.05, 4.69) is 4.98 Å². The number of halogens is 4. The number of hydrogen-bond donors (Lipinski definition) is 0. The summed E-state index contributed by atoms with van der Waals surface area (Å²) in [5.74, 6) is 0.870. The highest BCUT2D eigenvalue weighted by Crippen LogP contribution is 2.33. The molecule has 1 fully saturated rings. The summed E-state index contributed by atoms with van der Waals surface area (Å²) in [7, 11) is -1.28. The van der Waals surface area contributed by atoms with Crippen LogP contribution in [0.5, 0.6) is 11.5 Å². The molecule has 2 heterocycles. The maximum Gasteiger partial charge on any atom is 0.417 e. The lowest BCUT2D eigenvalue weighted by Gasteiger charge is -2.45. The molecule has 0 N–H and O–H groups in total. The topological polar surface area (TPSA) is 75.2 Å². The van der Waals surface area contributed by atoms with Crippen LogP contribution < -0.4 is 19.3 Å². The summed E-state index contributed by atoms with van der Waals surface area (Å²) in [6.07, 6.45) is -3.65. The Labute approximate surface area is 278 Å². The SMILES string of the molecule is COc1ccc(CN(Cc2ccc(OC)cc2)S(=O)(=O)c2cc(N3CCN(c4ccc(C(F)(F)F)cn4)[C@H](C(C)C)C3)ccc2F)cc1. The van der Waals surface area contributed by atoms with Gasteiger partial charge in [-0.1, -0.05) is 38.1 Å². The van der Waals surface area contributed by atoms with Crippen molar-refractivity contribution in [2.45, 2.75) is 44.1 Å². The molecule has 1 aliphatic rings. The molecule has 0 radical (unpaired) electrons. The number of anilines is 2. The molecule has 3 aromatic carbocycles. The number of ether oxygens (including phenoxy) is 2. The molecule has 0 saturated carbocycles. The maximum atomic E-state index is 15.5. The summed E-state index contributed by atoms with van der Waals surface area (Å²) in [5, 5.41) is 0. The average molecular weight is 687 g/mol. The van der Waals surface area contributed by atoms with Gasteiger partial charge in [0.15, 0.2) is 0 Å². The molecule has 5 rings (SSSR count). The number of alkyl halides is 3. The highest BCUT2D eigenvalue weighted by Gasteiger charge is 2.34. The zero-order chi connectivity index (χ0) is 34.6. The minimum atomic E-state index is -4.48. The Morgan fingerprint density at radius 3 is 1.94 bits per heavy atom. The van der Waals surface area contributed by atoms with Gasteiger partial charge >= 0.3 is 6.18 Å². The highest BCUT2D eigenvalue weighted by molar-refractivity contribution is 7.89. The van der Waals surface area contributed by atoms with Gasteiger partial charge in [-0.15, -0.1) is 0 Å². The average Bonchev–Trinajstić information content (AvgIpc) is 3.08. The van der Waals surface area contributed by atoms with E-state index < -0.39 is 32.5 Å². The van der Waals surface area contributed by atoms with Crippen LogP contribution >= 0.6 is 0 Å². The number of aromatic nitrogens is 1. The third-order valence-electron chi connectivity index (χ3n) is 8.49. The molecule has 0 spiro atoms. The molecule has 0 unspecified atom stereocenters. The molecule has 13 heteroatoms. The van der Waals surface area contributed by atoms with Gasteiger partial charge in [-0.3, -0.25) is 0 Å². The molecule has 4 aromatic rings. The van der Waals surface area contributed by atoms with Crippen molar-refractivity contribution in [2.24, 2.45) is 5.92 Å². The Morgan fingerprint density at radius 2 is 1.46 bits per heavy atom. The Morgan fingerprint density at radius 1 is 0.875 bits per heavy atom. The van der Waals surface area contributed by atoms with Crippen molar-refractivity contribution in [1.29, 1.82) is 0 Å². The van der Waals surface area contributed by atoms with Crippen LogP contribution in [0.4, 0.5) is 29.1 Å². The number of rotatable bonds is 11. The molecular formula is C35H38F4N4O4S. The number of hydrogen-bond acceptors (Lipinski definition) is 7. The number of benzene rings is 3. The van der Waals surface area contributed by atoms with Crippen LogP contribution in [0.25, 0.3) is 0 Å². The fourth-order valence-corrected chi connectivity index (χ4v) is 7.24. The first-order valence-electron chi connectivity index (χ1n) is 15.4. The van der Waals surface area contributed by atoms with E-state index >= 15 is 4.39 Å². The number of nitrogens with zero attached hydrogens (tertiary/aromatic N) is 4. The van der Waals surface area contributed by atoms with E-state index in [1.807, 2.05) is 23.6 Å². The Bertz CT molecular complexity index is 1740. The second kappa shape index (κ2) is 14.4. The second-order valence-corrected chi connectivity index (χ2v) is 13.8. The van der Waals surface area contributed by atoms with Crippen LogP contribution in [-0.2, 0) is 29.3 Å². The van der Waals surface area contributed by atoms with Crippen LogP contribution in [0.15, 0.2) is 90.0 Å². The van der Waals surface area contributed by atoms with Gasteiger partial charge in [0, 0.05) is 44.6 Å². The number of sulfonamides is 1. The minimum absolute atomic E-state index is 0.0176. The van der Waals surface area contributed by atoms with Gasteiger partial charge in [0.25, 0.3) is 0 Å². The summed E-state index contributed by atoms with van der Waals surface area (Å²) in [6, 6.07) is 20.3. The summed E-state index contributed by atoms with van der Waals surface area (Å²) in [5.41, 5.74) is 1.09. The largest absolute Gasteiger partial charge is 0.497 e. The molecule has 0 amide bonds. The van der Waals surface area contributed by atoms with Crippen molar-refractivity contribution >= 4 is 21.5 Å². The first-order chi connectivity index (χ1) is 22.8. The summed E-state index contributed by atoms with van der Waals surface area (Å²) in [4.78, 5) is 7.59. The quantitative estimate of drug-likeness (QED) is 0.157. The van der Waals surface area contributed by atoms with Crippen molar-refractivity contribution in [3.05, 3.63) is 108 Å². The normalized spacial score (nSPS) is 15.7.